The van der Waals surface area contributed by atoms with Crippen LogP contribution in [0.4, 0.5) is 0 Å². The lowest BCUT2D eigenvalue weighted by atomic mass is 10.0. The maximum atomic E-state index is 13.0. The van der Waals surface area contributed by atoms with Crippen molar-refractivity contribution in [2.24, 2.45) is 5.10 Å². The maximum absolute atomic E-state index is 13.0. The Bertz CT molecular complexity index is 1480. The van der Waals surface area contributed by atoms with Crippen molar-refractivity contribution >= 4 is 28.9 Å². The predicted octanol–water partition coefficient (Wildman–Crippen LogP) is 6.02. The van der Waals surface area contributed by atoms with Gasteiger partial charge in [0.15, 0.2) is 11.5 Å². The molecule has 0 heterocycles. The highest BCUT2D eigenvalue weighted by Crippen LogP contribution is 2.30. The van der Waals surface area contributed by atoms with Crippen LogP contribution in [-0.4, -0.2) is 38.9 Å². The number of rotatable bonds is 11. The van der Waals surface area contributed by atoms with E-state index in [0.717, 1.165) is 23.6 Å². The van der Waals surface area contributed by atoms with Crippen LogP contribution >= 0.6 is 0 Å². The molecule has 0 unspecified atom stereocenters. The van der Waals surface area contributed by atoms with E-state index in [4.69, 9.17) is 18.9 Å². The lowest BCUT2D eigenvalue weighted by molar-refractivity contribution is 0.0734. The summed E-state index contributed by atoms with van der Waals surface area (Å²) >= 11 is 0. The SMILES string of the molecule is CCCCOc1ccc(C(=O)N/N=C/c2c(OC(=O)c3ccc(OC)c(OC)c3)ccc3ccccc23)cc1. The van der Waals surface area contributed by atoms with Gasteiger partial charge < -0.3 is 18.9 Å². The van der Waals surface area contributed by atoms with Crippen LogP contribution in [0.15, 0.2) is 84.0 Å². The molecule has 0 saturated heterocycles. The van der Waals surface area contributed by atoms with E-state index in [1.54, 1.807) is 48.5 Å². The minimum absolute atomic E-state index is 0.291. The Morgan fingerprint density at radius 2 is 1.56 bits per heavy atom. The summed E-state index contributed by atoms with van der Waals surface area (Å²) < 4.78 is 21.9. The smallest absolute Gasteiger partial charge is 0.343 e. The monoisotopic (exact) mass is 526 g/mol. The number of hydrazone groups is 1. The number of carbonyl (C=O) groups excluding carboxylic acids is 2. The van der Waals surface area contributed by atoms with E-state index in [1.165, 1.54) is 20.4 Å². The van der Waals surface area contributed by atoms with E-state index in [9.17, 15) is 9.59 Å². The standard InChI is InChI=1S/C31H30N2O6/c1-4-5-18-38-24-14-10-22(11-15-24)30(34)33-32-20-26-25-9-7-6-8-21(25)12-16-27(26)39-31(35)23-13-17-28(36-2)29(19-23)37-3/h6-17,19-20H,4-5,18H2,1-3H3,(H,33,34)/b32-20+. The topological polar surface area (TPSA) is 95.5 Å². The quantitative estimate of drug-likeness (QED) is 0.0844. The summed E-state index contributed by atoms with van der Waals surface area (Å²) in [5.74, 6) is 0.958. The molecule has 0 aliphatic carbocycles. The van der Waals surface area contributed by atoms with E-state index in [0.29, 0.717) is 46.3 Å². The summed E-state index contributed by atoms with van der Waals surface area (Å²) in [6, 6.07) is 22.8. The van der Waals surface area contributed by atoms with E-state index in [-0.39, 0.29) is 5.91 Å². The number of ether oxygens (including phenoxy) is 4. The molecular weight excluding hydrogens is 496 g/mol. The van der Waals surface area contributed by atoms with E-state index in [1.807, 2.05) is 30.3 Å². The van der Waals surface area contributed by atoms with Gasteiger partial charge in [-0.3, -0.25) is 4.79 Å². The lowest BCUT2D eigenvalue weighted by Gasteiger charge is -2.12. The number of benzene rings is 4. The van der Waals surface area contributed by atoms with E-state index in [2.05, 4.69) is 17.5 Å². The summed E-state index contributed by atoms with van der Waals surface area (Å²) in [5, 5.41) is 5.89. The largest absolute Gasteiger partial charge is 0.494 e. The van der Waals surface area contributed by atoms with Gasteiger partial charge in [-0.2, -0.15) is 5.10 Å². The number of nitrogens with zero attached hydrogens (tertiary/aromatic N) is 1. The Kier molecular flexibility index (Phi) is 9.13. The third kappa shape index (κ3) is 6.73. The van der Waals surface area contributed by atoms with Crippen molar-refractivity contribution in [3.8, 4) is 23.0 Å². The van der Waals surface area contributed by atoms with Crippen LogP contribution in [0.3, 0.4) is 0 Å². The Balaban J connectivity index is 1.53. The van der Waals surface area contributed by atoms with Crippen molar-refractivity contribution in [3.63, 3.8) is 0 Å². The van der Waals surface area contributed by atoms with Crippen molar-refractivity contribution in [1.29, 1.82) is 0 Å². The fourth-order valence-electron chi connectivity index (χ4n) is 3.88. The van der Waals surface area contributed by atoms with Gasteiger partial charge in [0, 0.05) is 11.1 Å². The molecule has 200 valence electrons. The molecule has 0 spiro atoms. The van der Waals surface area contributed by atoms with Crippen molar-refractivity contribution in [2.45, 2.75) is 19.8 Å². The molecule has 0 saturated carbocycles. The summed E-state index contributed by atoms with van der Waals surface area (Å²) in [6.07, 6.45) is 3.49. The van der Waals surface area contributed by atoms with Crippen LogP contribution in [0.1, 0.15) is 46.0 Å². The first-order valence-electron chi connectivity index (χ1n) is 12.6. The van der Waals surface area contributed by atoms with Gasteiger partial charge in [-0.25, -0.2) is 10.2 Å². The van der Waals surface area contributed by atoms with Crippen molar-refractivity contribution < 1.29 is 28.5 Å². The fraction of sp³-hybridized carbons (Fsp3) is 0.194. The first-order chi connectivity index (χ1) is 19.0. The number of nitrogens with one attached hydrogen (secondary N) is 1. The Morgan fingerprint density at radius 1 is 0.846 bits per heavy atom. The Labute approximate surface area is 227 Å². The number of amides is 1. The zero-order chi connectivity index (χ0) is 27.6. The predicted molar refractivity (Wildman–Crippen MR) is 150 cm³/mol. The van der Waals surface area contributed by atoms with E-state index < -0.39 is 5.97 Å². The zero-order valence-electron chi connectivity index (χ0n) is 22.1. The third-order valence-electron chi connectivity index (χ3n) is 6.00. The summed E-state index contributed by atoms with van der Waals surface area (Å²) in [7, 11) is 3.02. The molecule has 0 bridgehead atoms. The second-order valence-electron chi connectivity index (χ2n) is 8.58. The number of unbranched alkanes of at least 4 members (excludes halogenated alkanes) is 1. The van der Waals surface area contributed by atoms with E-state index >= 15 is 0 Å². The molecule has 0 aliphatic heterocycles. The minimum atomic E-state index is -0.578. The van der Waals surface area contributed by atoms with Gasteiger partial charge >= 0.3 is 5.97 Å². The van der Waals surface area contributed by atoms with Crippen LogP contribution < -0.4 is 24.4 Å². The molecule has 4 aromatic rings. The average Bonchev–Trinajstić information content (AvgIpc) is 2.98. The van der Waals surface area contributed by atoms with Crippen LogP contribution in [0.5, 0.6) is 23.0 Å². The molecule has 4 rings (SSSR count). The van der Waals surface area contributed by atoms with Crippen molar-refractivity contribution in [3.05, 3.63) is 95.6 Å². The highest BCUT2D eigenvalue weighted by atomic mass is 16.5. The first-order valence-corrected chi connectivity index (χ1v) is 12.6. The van der Waals surface area contributed by atoms with Gasteiger partial charge in [0.2, 0.25) is 0 Å². The molecule has 4 aromatic carbocycles. The fourth-order valence-corrected chi connectivity index (χ4v) is 3.88. The maximum Gasteiger partial charge on any atom is 0.343 e. The van der Waals surface area contributed by atoms with Crippen LogP contribution in [-0.2, 0) is 0 Å². The lowest BCUT2D eigenvalue weighted by Crippen LogP contribution is -2.17. The molecule has 0 atom stereocenters. The number of esters is 1. The van der Waals surface area contributed by atoms with Gasteiger partial charge in [-0.15, -0.1) is 0 Å². The third-order valence-corrected chi connectivity index (χ3v) is 6.00. The molecule has 0 aromatic heterocycles. The molecular formula is C31H30N2O6. The molecule has 0 radical (unpaired) electrons. The number of carbonyl (C=O) groups is 2. The second-order valence-corrected chi connectivity index (χ2v) is 8.58. The zero-order valence-corrected chi connectivity index (χ0v) is 22.1. The Morgan fingerprint density at radius 3 is 2.31 bits per heavy atom. The number of methoxy groups -OCH3 is 2. The average molecular weight is 527 g/mol. The van der Waals surface area contributed by atoms with Crippen molar-refractivity contribution in [2.75, 3.05) is 20.8 Å². The highest BCUT2D eigenvalue weighted by Gasteiger charge is 2.16. The highest BCUT2D eigenvalue weighted by molar-refractivity contribution is 6.04. The second kappa shape index (κ2) is 13.1. The number of hydrogen-bond acceptors (Lipinski definition) is 7. The Hall–Kier alpha value is -4.85. The van der Waals surface area contributed by atoms with Gasteiger partial charge in [-0.05, 0) is 65.7 Å². The van der Waals surface area contributed by atoms with Gasteiger partial charge in [0.25, 0.3) is 5.91 Å². The first kappa shape index (κ1) is 27.2. The molecule has 8 heteroatoms. The number of fused-ring (bicyclic) bond motifs is 1. The summed E-state index contributed by atoms with van der Waals surface area (Å²) in [5.41, 5.74) is 3.81. The molecule has 0 aliphatic rings. The van der Waals surface area contributed by atoms with Gasteiger partial charge in [0.05, 0.1) is 32.6 Å². The molecule has 0 fully saturated rings. The van der Waals surface area contributed by atoms with Crippen LogP contribution in [0.25, 0.3) is 10.8 Å². The summed E-state index contributed by atoms with van der Waals surface area (Å²) in [6.45, 7) is 2.73. The van der Waals surface area contributed by atoms with Crippen LogP contribution in [0.2, 0.25) is 0 Å². The minimum Gasteiger partial charge on any atom is -0.494 e. The number of hydrogen-bond donors (Lipinski definition) is 1. The summed E-state index contributed by atoms with van der Waals surface area (Å²) in [4.78, 5) is 25.7. The van der Waals surface area contributed by atoms with Crippen LogP contribution in [0, 0.1) is 0 Å². The normalized spacial score (nSPS) is 10.8. The molecule has 1 N–H and O–H groups in total. The molecule has 39 heavy (non-hydrogen) atoms. The molecule has 8 nitrogen and oxygen atoms in total. The van der Waals surface area contributed by atoms with Gasteiger partial charge in [-0.1, -0.05) is 43.7 Å². The molecule has 1 amide bonds. The van der Waals surface area contributed by atoms with Gasteiger partial charge in [0.1, 0.15) is 11.5 Å². The van der Waals surface area contributed by atoms with Crippen molar-refractivity contribution in [1.82, 2.24) is 5.43 Å².